The minimum atomic E-state index is 0.376. The van der Waals surface area contributed by atoms with Crippen molar-refractivity contribution in [3.63, 3.8) is 0 Å². The zero-order valence-electron chi connectivity index (χ0n) is 12.2. The summed E-state index contributed by atoms with van der Waals surface area (Å²) in [4.78, 5) is 2.49. The number of likely N-dealkylation sites (N-methyl/N-ethyl adjacent to an activating group) is 1. The summed E-state index contributed by atoms with van der Waals surface area (Å²) in [5, 5.41) is 9.76. The van der Waals surface area contributed by atoms with Crippen LogP contribution in [0.5, 0.6) is 5.75 Å². The van der Waals surface area contributed by atoms with Crippen molar-refractivity contribution in [3.8, 4) is 5.75 Å². The zero-order valence-corrected chi connectivity index (χ0v) is 12.2. The minimum Gasteiger partial charge on any atom is -0.508 e. The summed E-state index contributed by atoms with van der Waals surface area (Å²) in [6, 6.07) is 6.63. The van der Waals surface area contributed by atoms with Gasteiger partial charge in [0.05, 0.1) is 6.61 Å². The molecular weight excluding hydrogens is 238 g/mol. The largest absolute Gasteiger partial charge is 0.508 e. The van der Waals surface area contributed by atoms with Gasteiger partial charge in [0.15, 0.2) is 0 Å². The van der Waals surface area contributed by atoms with E-state index >= 15 is 0 Å². The zero-order chi connectivity index (χ0) is 13.8. The molecule has 0 saturated carbocycles. The summed E-state index contributed by atoms with van der Waals surface area (Å²) in [7, 11) is 1.75. The van der Waals surface area contributed by atoms with Gasteiger partial charge in [0.2, 0.25) is 0 Å². The fourth-order valence-corrected chi connectivity index (χ4v) is 3.28. The van der Waals surface area contributed by atoms with Gasteiger partial charge in [-0.3, -0.25) is 4.90 Å². The Morgan fingerprint density at radius 3 is 2.95 bits per heavy atom. The van der Waals surface area contributed by atoms with E-state index in [9.17, 15) is 5.11 Å². The van der Waals surface area contributed by atoms with E-state index in [1.165, 1.54) is 24.0 Å². The number of hydrogen-bond donors (Lipinski definition) is 1. The fourth-order valence-electron chi connectivity index (χ4n) is 3.28. The molecule has 0 aliphatic heterocycles. The number of nitrogens with zero attached hydrogens (tertiary/aromatic N) is 1. The van der Waals surface area contributed by atoms with Crippen LogP contribution in [0.1, 0.15) is 43.9 Å². The molecule has 0 saturated heterocycles. The molecular formula is C16H25NO2. The highest BCUT2D eigenvalue weighted by atomic mass is 16.5. The third kappa shape index (κ3) is 3.10. The molecule has 19 heavy (non-hydrogen) atoms. The topological polar surface area (TPSA) is 32.7 Å². The van der Waals surface area contributed by atoms with Gasteiger partial charge in [0.1, 0.15) is 5.75 Å². The second-order valence-corrected chi connectivity index (χ2v) is 5.43. The summed E-state index contributed by atoms with van der Waals surface area (Å²) >= 11 is 0. The van der Waals surface area contributed by atoms with Crippen molar-refractivity contribution in [1.82, 2.24) is 4.90 Å². The Morgan fingerprint density at radius 1 is 1.47 bits per heavy atom. The van der Waals surface area contributed by atoms with Crippen LogP contribution in [-0.4, -0.2) is 36.3 Å². The standard InChI is InChI=1S/C16H25NO2/c1-4-17(12(2)11-19-3)16-7-5-6-13-8-9-14(18)10-15(13)16/h8-10,12,16,18H,4-7,11H2,1-3H3. The maximum absolute atomic E-state index is 9.76. The van der Waals surface area contributed by atoms with Gasteiger partial charge in [0.25, 0.3) is 0 Å². The third-order valence-corrected chi connectivity index (χ3v) is 4.15. The molecule has 0 aromatic heterocycles. The van der Waals surface area contributed by atoms with E-state index in [0.29, 0.717) is 17.8 Å². The van der Waals surface area contributed by atoms with E-state index in [1.54, 1.807) is 13.2 Å². The van der Waals surface area contributed by atoms with E-state index in [-0.39, 0.29) is 0 Å². The quantitative estimate of drug-likeness (QED) is 0.886. The number of ether oxygens (including phenoxy) is 1. The SMILES string of the molecule is CCN(C(C)COC)C1CCCc2ccc(O)cc21. The van der Waals surface area contributed by atoms with Crippen molar-refractivity contribution in [2.75, 3.05) is 20.3 Å². The van der Waals surface area contributed by atoms with Gasteiger partial charge in [0, 0.05) is 19.2 Å². The highest BCUT2D eigenvalue weighted by Gasteiger charge is 2.28. The van der Waals surface area contributed by atoms with Crippen LogP contribution < -0.4 is 0 Å². The number of methoxy groups -OCH3 is 1. The van der Waals surface area contributed by atoms with Gasteiger partial charge in [-0.15, -0.1) is 0 Å². The van der Waals surface area contributed by atoms with Crippen LogP contribution in [0.15, 0.2) is 18.2 Å². The van der Waals surface area contributed by atoms with Crippen molar-refractivity contribution in [2.45, 2.75) is 45.2 Å². The van der Waals surface area contributed by atoms with E-state index in [0.717, 1.165) is 19.6 Å². The molecule has 0 spiro atoms. The number of phenols is 1. The average Bonchev–Trinajstić information content (AvgIpc) is 2.40. The molecule has 0 fully saturated rings. The number of phenolic OH excluding ortho intramolecular Hbond substituents is 1. The average molecular weight is 263 g/mol. The molecule has 1 N–H and O–H groups in total. The molecule has 106 valence electrons. The van der Waals surface area contributed by atoms with Gasteiger partial charge < -0.3 is 9.84 Å². The Labute approximate surface area is 116 Å². The molecule has 1 aliphatic rings. The summed E-state index contributed by atoms with van der Waals surface area (Å²) in [5.41, 5.74) is 2.69. The normalized spacial score (nSPS) is 20.3. The number of hydrogen-bond acceptors (Lipinski definition) is 3. The van der Waals surface area contributed by atoms with Crippen LogP contribution in [0, 0.1) is 0 Å². The lowest BCUT2D eigenvalue weighted by atomic mass is 9.86. The molecule has 0 heterocycles. The van der Waals surface area contributed by atoms with Crippen LogP contribution in [0.2, 0.25) is 0 Å². The molecule has 1 aromatic rings. The summed E-state index contributed by atoms with van der Waals surface area (Å²) in [6.45, 7) is 6.16. The molecule has 3 heteroatoms. The van der Waals surface area contributed by atoms with Crippen molar-refractivity contribution in [1.29, 1.82) is 0 Å². The van der Waals surface area contributed by atoms with Gasteiger partial charge >= 0.3 is 0 Å². The fraction of sp³-hybridized carbons (Fsp3) is 0.625. The Kier molecular flexibility index (Phi) is 4.83. The maximum atomic E-state index is 9.76. The minimum absolute atomic E-state index is 0.376. The van der Waals surface area contributed by atoms with Crippen LogP contribution in [0.25, 0.3) is 0 Å². The van der Waals surface area contributed by atoms with Gasteiger partial charge in [-0.25, -0.2) is 0 Å². The molecule has 1 aliphatic carbocycles. The molecule has 3 nitrogen and oxygen atoms in total. The Bertz CT molecular complexity index is 419. The van der Waals surface area contributed by atoms with E-state index in [4.69, 9.17) is 4.74 Å². The predicted octanol–water partition coefficient (Wildman–Crippen LogP) is 3.13. The van der Waals surface area contributed by atoms with E-state index in [2.05, 4.69) is 24.8 Å². The number of aryl methyl sites for hydroxylation is 1. The molecule has 0 radical (unpaired) electrons. The first-order chi connectivity index (χ1) is 9.17. The van der Waals surface area contributed by atoms with Crippen LogP contribution in [0.3, 0.4) is 0 Å². The second-order valence-electron chi connectivity index (χ2n) is 5.43. The highest BCUT2D eigenvalue weighted by Crippen LogP contribution is 2.36. The first-order valence-corrected chi connectivity index (χ1v) is 7.23. The number of benzene rings is 1. The van der Waals surface area contributed by atoms with Crippen LogP contribution >= 0.6 is 0 Å². The summed E-state index contributed by atoms with van der Waals surface area (Å²) in [5.74, 6) is 0.376. The van der Waals surface area contributed by atoms with Crippen molar-refractivity contribution in [3.05, 3.63) is 29.3 Å². The van der Waals surface area contributed by atoms with Crippen molar-refractivity contribution in [2.24, 2.45) is 0 Å². The molecule has 2 atom stereocenters. The maximum Gasteiger partial charge on any atom is 0.115 e. The monoisotopic (exact) mass is 263 g/mol. The number of rotatable bonds is 5. The molecule has 0 amide bonds. The van der Waals surface area contributed by atoms with Gasteiger partial charge in [-0.05, 0) is 56.0 Å². The smallest absolute Gasteiger partial charge is 0.115 e. The Hall–Kier alpha value is -1.06. The summed E-state index contributed by atoms with van der Waals surface area (Å²) < 4.78 is 5.30. The Balaban J connectivity index is 2.28. The van der Waals surface area contributed by atoms with Gasteiger partial charge in [-0.2, -0.15) is 0 Å². The number of fused-ring (bicyclic) bond motifs is 1. The van der Waals surface area contributed by atoms with Crippen LogP contribution in [0.4, 0.5) is 0 Å². The van der Waals surface area contributed by atoms with E-state index in [1.807, 2.05) is 6.07 Å². The summed E-state index contributed by atoms with van der Waals surface area (Å²) in [6.07, 6.45) is 3.51. The van der Waals surface area contributed by atoms with Crippen molar-refractivity contribution < 1.29 is 9.84 Å². The molecule has 2 rings (SSSR count). The lowest BCUT2D eigenvalue weighted by molar-refractivity contribution is 0.0665. The second kappa shape index (κ2) is 6.40. The first kappa shape index (κ1) is 14.4. The lowest BCUT2D eigenvalue weighted by Crippen LogP contribution is -2.40. The number of aromatic hydroxyl groups is 1. The molecule has 2 unspecified atom stereocenters. The molecule has 0 bridgehead atoms. The third-order valence-electron chi connectivity index (χ3n) is 4.15. The highest BCUT2D eigenvalue weighted by molar-refractivity contribution is 5.38. The van der Waals surface area contributed by atoms with Gasteiger partial charge in [-0.1, -0.05) is 13.0 Å². The van der Waals surface area contributed by atoms with E-state index < -0.39 is 0 Å². The van der Waals surface area contributed by atoms with Crippen LogP contribution in [-0.2, 0) is 11.2 Å². The lowest BCUT2D eigenvalue weighted by Gasteiger charge is -2.39. The molecule has 1 aromatic carbocycles. The first-order valence-electron chi connectivity index (χ1n) is 7.23. The Morgan fingerprint density at radius 2 is 2.26 bits per heavy atom. The predicted molar refractivity (Wildman–Crippen MR) is 77.5 cm³/mol. The van der Waals surface area contributed by atoms with Crippen molar-refractivity contribution >= 4 is 0 Å².